The number of fused-ring (bicyclic) bond motifs is 1. The first-order chi connectivity index (χ1) is 12.4. The van der Waals surface area contributed by atoms with Crippen LogP contribution in [-0.4, -0.2) is 33.2 Å². The second-order valence-corrected chi connectivity index (χ2v) is 7.64. The predicted molar refractivity (Wildman–Crippen MR) is 101 cm³/mol. The van der Waals surface area contributed by atoms with E-state index < -0.39 is 29.5 Å². The highest BCUT2D eigenvalue weighted by Gasteiger charge is 2.28. The Hall–Kier alpha value is -2.26. The van der Waals surface area contributed by atoms with Gasteiger partial charge in [0.15, 0.2) is 0 Å². The quantitative estimate of drug-likeness (QED) is 0.657. The topological polar surface area (TPSA) is 109 Å². The van der Waals surface area contributed by atoms with E-state index in [-0.39, 0.29) is 12.3 Å². The van der Waals surface area contributed by atoms with E-state index in [0.29, 0.717) is 22.8 Å². The molecule has 0 radical (unpaired) electrons. The molecule has 3 N–H and O–H groups in total. The number of carboxylic acid groups (broad SMARTS) is 1. The lowest BCUT2D eigenvalue weighted by Gasteiger charge is -2.16. The van der Waals surface area contributed by atoms with Crippen LogP contribution < -0.4 is 10.9 Å². The summed E-state index contributed by atoms with van der Waals surface area (Å²) in [5.41, 5.74) is 1.07. The maximum atomic E-state index is 12.9. The van der Waals surface area contributed by atoms with E-state index in [2.05, 4.69) is 21.2 Å². The molecule has 0 unspecified atom stereocenters. The molecule has 0 saturated carbocycles. The number of pyridine rings is 1. The van der Waals surface area contributed by atoms with Crippen molar-refractivity contribution in [2.75, 3.05) is 6.54 Å². The number of carbonyl (C=O) groups is 2. The van der Waals surface area contributed by atoms with Crippen molar-refractivity contribution in [2.24, 2.45) is 0 Å². The van der Waals surface area contributed by atoms with Gasteiger partial charge in [0.1, 0.15) is 17.9 Å². The molecule has 1 aromatic heterocycles. The first kappa shape index (κ1) is 18.5. The average molecular weight is 439 g/mol. The van der Waals surface area contributed by atoms with Crippen LogP contribution in [0.4, 0.5) is 0 Å². The number of carboxylic acids is 1. The van der Waals surface area contributed by atoms with E-state index in [1.165, 1.54) is 16.3 Å². The van der Waals surface area contributed by atoms with Crippen LogP contribution in [0.2, 0.25) is 0 Å². The van der Waals surface area contributed by atoms with Gasteiger partial charge in [0.25, 0.3) is 11.5 Å². The Morgan fingerprint density at radius 2 is 1.92 bits per heavy atom. The van der Waals surface area contributed by atoms with Crippen LogP contribution in [0.3, 0.4) is 0 Å². The summed E-state index contributed by atoms with van der Waals surface area (Å²) < 4.78 is 2.39. The van der Waals surface area contributed by atoms with Crippen molar-refractivity contribution < 1.29 is 19.8 Å². The summed E-state index contributed by atoms with van der Waals surface area (Å²) in [5.74, 6) is -1.43. The van der Waals surface area contributed by atoms with Crippen LogP contribution in [0, 0.1) is 0 Å². The van der Waals surface area contributed by atoms with E-state index in [1.54, 1.807) is 0 Å². The molecule has 7 nitrogen and oxygen atoms in total. The fourth-order valence-electron chi connectivity index (χ4n) is 2.76. The van der Waals surface area contributed by atoms with E-state index in [0.717, 1.165) is 10.0 Å². The second-order valence-electron chi connectivity index (χ2n) is 5.74. The summed E-state index contributed by atoms with van der Waals surface area (Å²) in [6, 6.07) is 7.44. The number of hydrogen-bond acceptors (Lipinski definition) is 5. The minimum Gasteiger partial charge on any atom is -0.507 e. The van der Waals surface area contributed by atoms with Gasteiger partial charge in [-0.3, -0.25) is 14.4 Å². The number of amides is 1. The number of carbonyl (C=O) groups excluding carboxylic acids is 1. The third-order valence-corrected chi connectivity index (χ3v) is 5.52. The number of aliphatic carboxylic acids is 1. The molecule has 26 heavy (non-hydrogen) atoms. The monoisotopic (exact) mass is 438 g/mol. The third kappa shape index (κ3) is 3.63. The van der Waals surface area contributed by atoms with Gasteiger partial charge in [0.05, 0.1) is 6.54 Å². The zero-order valence-corrected chi connectivity index (χ0v) is 15.9. The van der Waals surface area contributed by atoms with Crippen molar-refractivity contribution in [3.63, 3.8) is 0 Å². The molecule has 0 atom stereocenters. The lowest BCUT2D eigenvalue weighted by atomic mass is 10.1. The summed E-state index contributed by atoms with van der Waals surface area (Å²) in [5, 5.41) is 21.3. The van der Waals surface area contributed by atoms with Gasteiger partial charge in [0, 0.05) is 27.2 Å². The maximum Gasteiger partial charge on any atom is 0.322 e. The van der Waals surface area contributed by atoms with Crippen molar-refractivity contribution in [3.05, 3.63) is 61.5 Å². The van der Waals surface area contributed by atoms with Gasteiger partial charge in [0.2, 0.25) is 0 Å². The van der Waals surface area contributed by atoms with Crippen molar-refractivity contribution in [2.45, 2.75) is 18.1 Å². The van der Waals surface area contributed by atoms with E-state index >= 15 is 0 Å². The van der Waals surface area contributed by atoms with Crippen LogP contribution in [-0.2, 0) is 22.8 Å². The SMILES string of the molecule is O=C(O)CNC(=O)c1c(O)c2c(n(Cc3ccc(Br)cc3)c1=O)CSC2. The molecule has 136 valence electrons. The minimum atomic E-state index is -1.23. The molecule has 0 spiro atoms. The lowest BCUT2D eigenvalue weighted by Crippen LogP contribution is -2.37. The van der Waals surface area contributed by atoms with Crippen LogP contribution in [0.15, 0.2) is 33.5 Å². The Labute approximate surface area is 161 Å². The molecule has 3 rings (SSSR count). The van der Waals surface area contributed by atoms with Crippen LogP contribution in [0.5, 0.6) is 5.75 Å². The fraction of sp³-hybridized carbons (Fsp3) is 0.235. The number of nitrogens with one attached hydrogen (secondary N) is 1. The fourth-order valence-corrected chi connectivity index (χ4v) is 4.16. The van der Waals surface area contributed by atoms with Gasteiger partial charge >= 0.3 is 5.97 Å². The Bertz CT molecular complexity index is 940. The molecule has 2 heterocycles. The predicted octanol–water partition coefficient (Wildman–Crippen LogP) is 1.93. The number of aromatic hydroxyl groups is 1. The minimum absolute atomic E-state index is 0.258. The molecule has 2 aromatic rings. The molecule has 0 aliphatic carbocycles. The average Bonchev–Trinajstić information content (AvgIpc) is 3.08. The maximum absolute atomic E-state index is 12.9. The largest absolute Gasteiger partial charge is 0.507 e. The van der Waals surface area contributed by atoms with E-state index in [9.17, 15) is 19.5 Å². The first-order valence-corrected chi connectivity index (χ1v) is 9.63. The Balaban J connectivity index is 2.06. The number of rotatable bonds is 5. The highest BCUT2D eigenvalue weighted by atomic mass is 79.9. The Morgan fingerprint density at radius 3 is 2.58 bits per heavy atom. The second kappa shape index (κ2) is 7.55. The molecule has 1 aliphatic heterocycles. The normalized spacial score (nSPS) is 12.7. The van der Waals surface area contributed by atoms with Gasteiger partial charge in [-0.15, -0.1) is 0 Å². The highest BCUT2D eigenvalue weighted by molar-refractivity contribution is 9.10. The Morgan fingerprint density at radius 1 is 1.23 bits per heavy atom. The highest BCUT2D eigenvalue weighted by Crippen LogP contribution is 2.36. The van der Waals surface area contributed by atoms with E-state index in [1.807, 2.05) is 24.3 Å². The summed E-state index contributed by atoms with van der Waals surface area (Å²) in [6.45, 7) is -0.370. The molecule has 1 aromatic carbocycles. The van der Waals surface area contributed by atoms with Gasteiger partial charge in [-0.1, -0.05) is 28.1 Å². The van der Waals surface area contributed by atoms with Crippen molar-refractivity contribution in [1.82, 2.24) is 9.88 Å². The molecular weight excluding hydrogens is 424 g/mol. The number of nitrogens with zero attached hydrogens (tertiary/aromatic N) is 1. The zero-order valence-electron chi connectivity index (χ0n) is 13.5. The molecule has 0 bridgehead atoms. The lowest BCUT2D eigenvalue weighted by molar-refractivity contribution is -0.135. The third-order valence-electron chi connectivity index (χ3n) is 4.02. The molecule has 1 aliphatic rings. The van der Waals surface area contributed by atoms with Crippen LogP contribution >= 0.6 is 27.7 Å². The zero-order chi connectivity index (χ0) is 18.8. The molecule has 9 heteroatoms. The van der Waals surface area contributed by atoms with Crippen LogP contribution in [0.1, 0.15) is 27.2 Å². The Kier molecular flexibility index (Phi) is 5.38. The van der Waals surface area contributed by atoms with Crippen molar-refractivity contribution in [3.8, 4) is 5.75 Å². The van der Waals surface area contributed by atoms with Gasteiger partial charge < -0.3 is 20.1 Å². The number of aromatic nitrogens is 1. The molecule has 0 saturated heterocycles. The van der Waals surface area contributed by atoms with Gasteiger partial charge in [-0.25, -0.2) is 0 Å². The molecule has 0 fully saturated rings. The van der Waals surface area contributed by atoms with Gasteiger partial charge in [-0.2, -0.15) is 11.8 Å². The van der Waals surface area contributed by atoms with Crippen molar-refractivity contribution in [1.29, 1.82) is 0 Å². The summed E-state index contributed by atoms with van der Waals surface area (Å²) in [6.07, 6.45) is 0. The smallest absolute Gasteiger partial charge is 0.322 e. The van der Waals surface area contributed by atoms with Crippen molar-refractivity contribution >= 4 is 39.6 Å². The number of benzene rings is 1. The standard InChI is InChI=1S/C17H15BrN2O5S/c18-10-3-1-9(2-4-10)6-20-12-8-26-7-11(12)15(23)14(17(20)25)16(24)19-5-13(21)22/h1-4,23H,5-8H2,(H,19,24)(H,21,22). The van der Waals surface area contributed by atoms with E-state index in [4.69, 9.17) is 5.11 Å². The summed E-state index contributed by atoms with van der Waals surface area (Å²) in [7, 11) is 0. The first-order valence-electron chi connectivity index (χ1n) is 7.68. The van der Waals surface area contributed by atoms with Gasteiger partial charge in [-0.05, 0) is 17.7 Å². The molecular formula is C17H15BrN2O5S. The number of halogens is 1. The van der Waals surface area contributed by atoms with Crippen LogP contribution in [0.25, 0.3) is 0 Å². The summed E-state index contributed by atoms with van der Waals surface area (Å²) in [4.78, 5) is 35.8. The number of thioether (sulfide) groups is 1. The number of hydrogen-bond donors (Lipinski definition) is 3. The molecule has 1 amide bonds. The summed E-state index contributed by atoms with van der Waals surface area (Å²) >= 11 is 4.90.